The highest BCUT2D eigenvalue weighted by atomic mass is 35.5. The lowest BCUT2D eigenvalue weighted by atomic mass is 10.1. The monoisotopic (exact) mass is 186 g/mol. The van der Waals surface area contributed by atoms with Crippen molar-refractivity contribution < 1.29 is 10.2 Å². The normalized spacial score (nSPS) is 10.2. The molecular weight excluding hydrogens is 176 g/mol. The summed E-state index contributed by atoms with van der Waals surface area (Å²) in [6.07, 6.45) is 1.37. The topological polar surface area (TPSA) is 40.5 Å². The molecule has 1 aromatic rings. The van der Waals surface area contributed by atoms with Crippen molar-refractivity contribution in [2.24, 2.45) is 0 Å². The molecule has 0 aliphatic carbocycles. The van der Waals surface area contributed by atoms with E-state index in [4.69, 9.17) is 21.8 Å². The third kappa shape index (κ3) is 2.40. The fraction of sp³-hybridized carbons (Fsp3) is 0.333. The molecule has 0 amide bonds. The summed E-state index contributed by atoms with van der Waals surface area (Å²) >= 11 is 5.84. The van der Waals surface area contributed by atoms with Crippen molar-refractivity contribution in [3.05, 3.63) is 28.8 Å². The first kappa shape index (κ1) is 9.36. The van der Waals surface area contributed by atoms with Gasteiger partial charge in [-0.15, -0.1) is 0 Å². The van der Waals surface area contributed by atoms with E-state index in [2.05, 4.69) is 0 Å². The second kappa shape index (κ2) is 4.33. The fourth-order valence-electron chi connectivity index (χ4n) is 1.02. The number of hydrogen-bond acceptors (Lipinski definition) is 2. The predicted molar refractivity (Wildman–Crippen MR) is 48.5 cm³/mol. The van der Waals surface area contributed by atoms with Crippen molar-refractivity contribution >= 4 is 11.6 Å². The van der Waals surface area contributed by atoms with Gasteiger partial charge in [-0.25, -0.2) is 0 Å². The molecule has 0 saturated carbocycles. The van der Waals surface area contributed by atoms with Gasteiger partial charge in [0.1, 0.15) is 5.75 Å². The van der Waals surface area contributed by atoms with Gasteiger partial charge in [0.05, 0.1) is 0 Å². The summed E-state index contributed by atoms with van der Waals surface area (Å²) in [4.78, 5) is 0. The van der Waals surface area contributed by atoms with Crippen LogP contribution in [-0.4, -0.2) is 16.8 Å². The number of phenols is 1. The molecular formula is C9H11ClO2. The van der Waals surface area contributed by atoms with Crippen LogP contribution in [-0.2, 0) is 6.42 Å². The van der Waals surface area contributed by atoms with Crippen molar-refractivity contribution in [1.82, 2.24) is 0 Å². The molecule has 0 bridgehead atoms. The number of aliphatic hydroxyl groups excluding tert-OH is 1. The maximum Gasteiger partial charge on any atom is 0.115 e. The molecule has 2 nitrogen and oxygen atoms in total. The van der Waals surface area contributed by atoms with E-state index in [-0.39, 0.29) is 12.4 Å². The van der Waals surface area contributed by atoms with Crippen LogP contribution in [0.2, 0.25) is 5.02 Å². The molecule has 66 valence electrons. The minimum atomic E-state index is 0.145. The van der Waals surface area contributed by atoms with Gasteiger partial charge in [-0.2, -0.15) is 0 Å². The fourth-order valence-corrected chi connectivity index (χ4v) is 1.23. The molecule has 0 radical (unpaired) electrons. The molecule has 0 aromatic heterocycles. The van der Waals surface area contributed by atoms with E-state index in [0.29, 0.717) is 17.9 Å². The van der Waals surface area contributed by atoms with Gasteiger partial charge < -0.3 is 10.2 Å². The quantitative estimate of drug-likeness (QED) is 0.758. The highest BCUT2D eigenvalue weighted by Crippen LogP contribution is 2.21. The zero-order valence-corrected chi connectivity index (χ0v) is 7.38. The Morgan fingerprint density at radius 1 is 1.33 bits per heavy atom. The SMILES string of the molecule is OCCCc1cc(O)ccc1Cl. The molecule has 2 N–H and O–H groups in total. The van der Waals surface area contributed by atoms with Gasteiger partial charge >= 0.3 is 0 Å². The minimum Gasteiger partial charge on any atom is -0.508 e. The maximum atomic E-state index is 9.12. The van der Waals surface area contributed by atoms with Gasteiger partial charge in [-0.1, -0.05) is 11.6 Å². The molecule has 0 aliphatic rings. The van der Waals surface area contributed by atoms with Crippen LogP contribution in [0.25, 0.3) is 0 Å². The molecule has 0 unspecified atom stereocenters. The van der Waals surface area contributed by atoms with Crippen LogP contribution in [0.1, 0.15) is 12.0 Å². The first-order valence-electron chi connectivity index (χ1n) is 3.82. The van der Waals surface area contributed by atoms with Crippen molar-refractivity contribution in [1.29, 1.82) is 0 Å². The Bertz CT molecular complexity index is 261. The van der Waals surface area contributed by atoms with Crippen molar-refractivity contribution in [3.8, 4) is 5.75 Å². The lowest BCUT2D eigenvalue weighted by molar-refractivity contribution is 0.288. The highest BCUT2D eigenvalue weighted by Gasteiger charge is 2.00. The number of aryl methyl sites for hydroxylation is 1. The summed E-state index contributed by atoms with van der Waals surface area (Å²) in [6.45, 7) is 0.145. The van der Waals surface area contributed by atoms with Gasteiger partial charge in [-0.05, 0) is 36.6 Å². The van der Waals surface area contributed by atoms with Crippen LogP contribution >= 0.6 is 11.6 Å². The summed E-state index contributed by atoms with van der Waals surface area (Å²) in [7, 11) is 0. The Kier molecular flexibility index (Phi) is 3.38. The lowest BCUT2D eigenvalue weighted by Gasteiger charge is -2.02. The average Bonchev–Trinajstić information content (AvgIpc) is 2.07. The summed E-state index contributed by atoms with van der Waals surface area (Å²) in [6, 6.07) is 4.83. The number of rotatable bonds is 3. The van der Waals surface area contributed by atoms with Gasteiger partial charge in [0.2, 0.25) is 0 Å². The number of aromatic hydroxyl groups is 1. The Balaban J connectivity index is 2.75. The van der Waals surface area contributed by atoms with E-state index in [1.807, 2.05) is 0 Å². The Morgan fingerprint density at radius 3 is 2.75 bits per heavy atom. The van der Waals surface area contributed by atoms with E-state index in [9.17, 15) is 0 Å². The van der Waals surface area contributed by atoms with Crippen molar-refractivity contribution in [2.45, 2.75) is 12.8 Å². The standard InChI is InChI=1S/C9H11ClO2/c10-9-4-3-8(12)6-7(9)2-1-5-11/h3-4,6,11-12H,1-2,5H2. The van der Waals surface area contributed by atoms with E-state index in [1.54, 1.807) is 18.2 Å². The van der Waals surface area contributed by atoms with E-state index < -0.39 is 0 Å². The van der Waals surface area contributed by atoms with Gasteiger partial charge in [0.15, 0.2) is 0 Å². The molecule has 0 saturated heterocycles. The van der Waals surface area contributed by atoms with Crippen LogP contribution in [0, 0.1) is 0 Å². The number of halogens is 1. The zero-order valence-electron chi connectivity index (χ0n) is 6.63. The number of aliphatic hydroxyl groups is 1. The molecule has 1 rings (SSSR count). The molecule has 0 spiro atoms. The molecule has 0 aliphatic heterocycles. The lowest BCUT2D eigenvalue weighted by Crippen LogP contribution is -1.90. The number of benzene rings is 1. The second-order valence-corrected chi connectivity index (χ2v) is 3.01. The van der Waals surface area contributed by atoms with Crippen molar-refractivity contribution in [2.75, 3.05) is 6.61 Å². The van der Waals surface area contributed by atoms with Gasteiger partial charge in [0, 0.05) is 11.6 Å². The van der Waals surface area contributed by atoms with E-state index in [0.717, 1.165) is 5.56 Å². The van der Waals surface area contributed by atoms with Crippen LogP contribution in [0.4, 0.5) is 0 Å². The number of hydrogen-bond donors (Lipinski definition) is 2. The highest BCUT2D eigenvalue weighted by molar-refractivity contribution is 6.31. The van der Waals surface area contributed by atoms with E-state index in [1.165, 1.54) is 0 Å². The molecule has 0 atom stereocenters. The summed E-state index contributed by atoms with van der Waals surface area (Å²) < 4.78 is 0. The number of phenolic OH excluding ortho intramolecular Hbond substituents is 1. The van der Waals surface area contributed by atoms with Gasteiger partial charge in [0.25, 0.3) is 0 Å². The Hall–Kier alpha value is -0.730. The first-order chi connectivity index (χ1) is 5.74. The summed E-state index contributed by atoms with van der Waals surface area (Å²) in [5.74, 6) is 0.215. The maximum absolute atomic E-state index is 9.12. The minimum absolute atomic E-state index is 0.145. The van der Waals surface area contributed by atoms with Crippen LogP contribution < -0.4 is 0 Å². The second-order valence-electron chi connectivity index (χ2n) is 2.60. The Morgan fingerprint density at radius 2 is 2.08 bits per heavy atom. The third-order valence-corrected chi connectivity index (χ3v) is 2.00. The summed E-state index contributed by atoms with van der Waals surface area (Å²) in [5.41, 5.74) is 0.880. The van der Waals surface area contributed by atoms with Crippen LogP contribution in [0.15, 0.2) is 18.2 Å². The third-order valence-electron chi connectivity index (χ3n) is 1.63. The van der Waals surface area contributed by atoms with Crippen molar-refractivity contribution in [3.63, 3.8) is 0 Å². The molecule has 3 heteroatoms. The molecule has 0 fully saturated rings. The molecule has 0 heterocycles. The first-order valence-corrected chi connectivity index (χ1v) is 4.20. The van der Waals surface area contributed by atoms with Crippen LogP contribution in [0.5, 0.6) is 5.75 Å². The largest absolute Gasteiger partial charge is 0.508 e. The van der Waals surface area contributed by atoms with Crippen LogP contribution in [0.3, 0.4) is 0 Å². The average molecular weight is 187 g/mol. The smallest absolute Gasteiger partial charge is 0.115 e. The van der Waals surface area contributed by atoms with E-state index >= 15 is 0 Å². The molecule has 1 aromatic carbocycles. The van der Waals surface area contributed by atoms with Gasteiger partial charge in [-0.3, -0.25) is 0 Å². The predicted octanol–water partition coefficient (Wildman–Crippen LogP) is 1.97. The molecule has 12 heavy (non-hydrogen) atoms. The summed E-state index contributed by atoms with van der Waals surface area (Å²) in [5, 5.41) is 18.3. The zero-order chi connectivity index (χ0) is 8.97. The Labute approximate surface area is 76.4 Å².